The molecule has 0 aliphatic carbocycles. The molecule has 0 amide bonds. The number of unbranched alkanes of at least 4 members (excludes halogenated alkanes) is 1. The van der Waals surface area contributed by atoms with Crippen LogP contribution in [0.15, 0.2) is 12.7 Å². The maximum atomic E-state index is 5.79. The molecule has 0 radical (unpaired) electrons. The SMILES string of the molecule is C=CCCCC(NCCC)C(CC)OCC. The molecular formula is C14H29NO. The van der Waals surface area contributed by atoms with Crippen LogP contribution in [0.4, 0.5) is 0 Å². The maximum Gasteiger partial charge on any atom is 0.0725 e. The van der Waals surface area contributed by atoms with Gasteiger partial charge in [-0.1, -0.05) is 19.9 Å². The standard InChI is InChI=1S/C14H29NO/c1-5-9-10-11-13(15-12-6-2)14(7-3)16-8-4/h5,13-15H,1,6-12H2,2-4H3. The maximum absolute atomic E-state index is 5.79. The first kappa shape index (κ1) is 15.7. The quantitative estimate of drug-likeness (QED) is 0.431. The lowest BCUT2D eigenvalue weighted by Crippen LogP contribution is -2.41. The lowest BCUT2D eigenvalue weighted by atomic mass is 10.0. The van der Waals surface area contributed by atoms with E-state index in [9.17, 15) is 0 Å². The fraction of sp³-hybridized carbons (Fsp3) is 0.857. The molecule has 0 aromatic carbocycles. The average Bonchev–Trinajstić information content (AvgIpc) is 2.31. The summed E-state index contributed by atoms with van der Waals surface area (Å²) in [5.41, 5.74) is 0. The van der Waals surface area contributed by atoms with E-state index in [0.29, 0.717) is 12.1 Å². The van der Waals surface area contributed by atoms with E-state index in [1.54, 1.807) is 0 Å². The second kappa shape index (κ2) is 11.2. The van der Waals surface area contributed by atoms with E-state index in [4.69, 9.17) is 4.74 Å². The molecular weight excluding hydrogens is 198 g/mol. The van der Waals surface area contributed by atoms with E-state index in [2.05, 4.69) is 32.7 Å². The van der Waals surface area contributed by atoms with Gasteiger partial charge >= 0.3 is 0 Å². The summed E-state index contributed by atoms with van der Waals surface area (Å²) in [4.78, 5) is 0. The normalized spacial score (nSPS) is 14.7. The van der Waals surface area contributed by atoms with Crippen molar-refractivity contribution in [3.8, 4) is 0 Å². The summed E-state index contributed by atoms with van der Waals surface area (Å²) in [6.07, 6.45) is 8.12. The van der Waals surface area contributed by atoms with Gasteiger partial charge in [-0.3, -0.25) is 0 Å². The van der Waals surface area contributed by atoms with Crippen LogP contribution in [0.1, 0.15) is 52.9 Å². The second-order valence-electron chi connectivity index (χ2n) is 4.18. The van der Waals surface area contributed by atoms with Gasteiger partial charge in [0.2, 0.25) is 0 Å². The summed E-state index contributed by atoms with van der Waals surface area (Å²) in [6.45, 7) is 12.1. The summed E-state index contributed by atoms with van der Waals surface area (Å²) in [6, 6.07) is 0.504. The summed E-state index contributed by atoms with van der Waals surface area (Å²) in [7, 11) is 0. The highest BCUT2D eigenvalue weighted by Crippen LogP contribution is 2.12. The first-order valence-electron chi connectivity index (χ1n) is 6.75. The van der Waals surface area contributed by atoms with Crippen LogP contribution in [0.2, 0.25) is 0 Å². The molecule has 0 fully saturated rings. The Morgan fingerprint density at radius 1 is 1.31 bits per heavy atom. The van der Waals surface area contributed by atoms with Gasteiger partial charge in [-0.2, -0.15) is 0 Å². The number of hydrogen-bond donors (Lipinski definition) is 1. The minimum Gasteiger partial charge on any atom is -0.377 e. The van der Waals surface area contributed by atoms with Crippen LogP contribution in [0.25, 0.3) is 0 Å². The number of allylic oxidation sites excluding steroid dienone is 1. The zero-order valence-electron chi connectivity index (χ0n) is 11.3. The van der Waals surface area contributed by atoms with Gasteiger partial charge in [0.1, 0.15) is 0 Å². The summed E-state index contributed by atoms with van der Waals surface area (Å²) in [5, 5.41) is 3.60. The molecule has 0 heterocycles. The fourth-order valence-corrected chi connectivity index (χ4v) is 1.96. The van der Waals surface area contributed by atoms with Gasteiger partial charge in [-0.25, -0.2) is 0 Å². The zero-order chi connectivity index (χ0) is 12.2. The topological polar surface area (TPSA) is 21.3 Å². The molecule has 2 atom stereocenters. The Hall–Kier alpha value is -0.340. The first-order chi connectivity index (χ1) is 7.79. The molecule has 96 valence electrons. The first-order valence-corrected chi connectivity index (χ1v) is 6.75. The van der Waals surface area contributed by atoms with E-state index in [-0.39, 0.29) is 0 Å². The molecule has 0 saturated carbocycles. The van der Waals surface area contributed by atoms with Crippen molar-refractivity contribution in [2.45, 2.75) is 65.0 Å². The molecule has 0 bridgehead atoms. The van der Waals surface area contributed by atoms with Crippen LogP contribution >= 0.6 is 0 Å². The Labute approximate surface area is 101 Å². The number of ether oxygens (including phenoxy) is 1. The monoisotopic (exact) mass is 227 g/mol. The van der Waals surface area contributed by atoms with E-state index >= 15 is 0 Å². The van der Waals surface area contributed by atoms with Crippen molar-refractivity contribution >= 4 is 0 Å². The van der Waals surface area contributed by atoms with Crippen molar-refractivity contribution in [1.29, 1.82) is 0 Å². The highest BCUT2D eigenvalue weighted by molar-refractivity contribution is 4.78. The third kappa shape index (κ3) is 7.02. The van der Waals surface area contributed by atoms with Crippen molar-refractivity contribution in [3.63, 3.8) is 0 Å². The molecule has 0 aliphatic rings. The predicted molar refractivity (Wildman–Crippen MR) is 71.8 cm³/mol. The summed E-state index contributed by atoms with van der Waals surface area (Å²) in [5.74, 6) is 0. The predicted octanol–water partition coefficient (Wildman–Crippen LogP) is 3.53. The molecule has 0 aromatic heterocycles. The van der Waals surface area contributed by atoms with Gasteiger partial charge in [-0.05, 0) is 45.6 Å². The van der Waals surface area contributed by atoms with Crippen molar-refractivity contribution in [2.75, 3.05) is 13.2 Å². The van der Waals surface area contributed by atoms with Crippen molar-refractivity contribution in [3.05, 3.63) is 12.7 Å². The number of rotatable bonds is 11. The molecule has 0 spiro atoms. The van der Waals surface area contributed by atoms with Crippen LogP contribution < -0.4 is 5.32 Å². The number of hydrogen-bond acceptors (Lipinski definition) is 2. The Bertz CT molecular complexity index is 159. The van der Waals surface area contributed by atoms with Crippen LogP contribution in [0.3, 0.4) is 0 Å². The average molecular weight is 227 g/mol. The van der Waals surface area contributed by atoms with E-state index < -0.39 is 0 Å². The van der Waals surface area contributed by atoms with Gasteiger partial charge in [0.25, 0.3) is 0 Å². The van der Waals surface area contributed by atoms with Gasteiger partial charge in [0.05, 0.1) is 6.10 Å². The van der Waals surface area contributed by atoms with E-state index in [1.807, 2.05) is 6.08 Å². The molecule has 2 heteroatoms. The van der Waals surface area contributed by atoms with Crippen LogP contribution in [0, 0.1) is 0 Å². The zero-order valence-corrected chi connectivity index (χ0v) is 11.3. The smallest absolute Gasteiger partial charge is 0.0725 e. The Kier molecular flexibility index (Phi) is 10.9. The van der Waals surface area contributed by atoms with Gasteiger partial charge < -0.3 is 10.1 Å². The third-order valence-corrected chi connectivity index (χ3v) is 2.81. The summed E-state index contributed by atoms with van der Waals surface area (Å²) < 4.78 is 5.79. The van der Waals surface area contributed by atoms with Crippen LogP contribution in [-0.2, 0) is 4.74 Å². The lowest BCUT2D eigenvalue weighted by molar-refractivity contribution is 0.0292. The Balaban J connectivity index is 4.07. The van der Waals surface area contributed by atoms with Crippen molar-refractivity contribution < 1.29 is 4.74 Å². The summed E-state index contributed by atoms with van der Waals surface area (Å²) >= 11 is 0. The van der Waals surface area contributed by atoms with Gasteiger partial charge in [0.15, 0.2) is 0 Å². The molecule has 16 heavy (non-hydrogen) atoms. The fourth-order valence-electron chi connectivity index (χ4n) is 1.96. The van der Waals surface area contributed by atoms with Gasteiger partial charge in [-0.15, -0.1) is 6.58 Å². The van der Waals surface area contributed by atoms with Crippen molar-refractivity contribution in [2.24, 2.45) is 0 Å². The van der Waals surface area contributed by atoms with Crippen molar-refractivity contribution in [1.82, 2.24) is 5.32 Å². The Morgan fingerprint density at radius 2 is 2.06 bits per heavy atom. The lowest BCUT2D eigenvalue weighted by Gasteiger charge is -2.27. The minimum absolute atomic E-state index is 0.362. The molecule has 0 saturated heterocycles. The highest BCUT2D eigenvalue weighted by Gasteiger charge is 2.18. The molecule has 0 aliphatic heterocycles. The number of nitrogens with one attached hydrogen (secondary N) is 1. The second-order valence-corrected chi connectivity index (χ2v) is 4.18. The molecule has 2 unspecified atom stereocenters. The third-order valence-electron chi connectivity index (χ3n) is 2.81. The van der Waals surface area contributed by atoms with E-state index in [0.717, 1.165) is 26.0 Å². The largest absolute Gasteiger partial charge is 0.377 e. The van der Waals surface area contributed by atoms with Crippen LogP contribution in [-0.4, -0.2) is 25.3 Å². The molecule has 1 N–H and O–H groups in total. The van der Waals surface area contributed by atoms with E-state index in [1.165, 1.54) is 19.3 Å². The molecule has 0 aromatic rings. The molecule has 2 nitrogen and oxygen atoms in total. The van der Waals surface area contributed by atoms with Gasteiger partial charge in [0, 0.05) is 12.6 Å². The minimum atomic E-state index is 0.362. The molecule has 0 rings (SSSR count). The highest BCUT2D eigenvalue weighted by atomic mass is 16.5. The Morgan fingerprint density at radius 3 is 2.56 bits per heavy atom. The van der Waals surface area contributed by atoms with Crippen LogP contribution in [0.5, 0.6) is 0 Å².